The number of hydrogen-bond donors (Lipinski definition) is 2. The quantitative estimate of drug-likeness (QED) is 0.313. The average molecular weight is 548 g/mol. The van der Waals surface area contributed by atoms with Gasteiger partial charge in [0, 0.05) is 19.5 Å². The summed E-state index contributed by atoms with van der Waals surface area (Å²) >= 11 is 1.37. The number of anilines is 1. The Hall–Kier alpha value is -3.71. The first-order chi connectivity index (χ1) is 18.6. The molecule has 2 N–H and O–H groups in total. The third-order valence-corrected chi connectivity index (χ3v) is 8.72. The number of rotatable bonds is 6. The van der Waals surface area contributed by atoms with Crippen molar-refractivity contribution in [3.05, 3.63) is 47.5 Å². The molecule has 2 bridgehead atoms. The van der Waals surface area contributed by atoms with Crippen LogP contribution < -0.4 is 9.64 Å². The highest BCUT2D eigenvalue weighted by Crippen LogP contribution is 2.50. The lowest BCUT2D eigenvalue weighted by atomic mass is 9.71. The number of aromatic hydroxyl groups is 1. The maximum absolute atomic E-state index is 12.3. The van der Waals surface area contributed by atoms with Gasteiger partial charge in [0.1, 0.15) is 11.8 Å². The number of carbonyl (C=O) groups is 1. The Bertz CT molecular complexity index is 1470. The molecule has 2 saturated heterocycles. The van der Waals surface area contributed by atoms with E-state index in [-0.39, 0.29) is 35.3 Å². The number of aromatic nitrogens is 2. The predicted molar refractivity (Wildman–Crippen MR) is 151 cm³/mol. The average Bonchev–Trinajstić information content (AvgIpc) is 3.15. The number of amides is 1. The van der Waals surface area contributed by atoms with E-state index in [1.165, 1.54) is 11.8 Å². The third-order valence-electron chi connectivity index (χ3n) is 8.18. The molecule has 1 aromatic heterocycles. The van der Waals surface area contributed by atoms with Crippen LogP contribution in [0.4, 0.5) is 10.6 Å². The van der Waals surface area contributed by atoms with Gasteiger partial charge in [0.15, 0.2) is 16.5 Å². The number of carboxylic acid groups (broad SMARTS) is 1. The van der Waals surface area contributed by atoms with Crippen LogP contribution in [0.2, 0.25) is 0 Å². The van der Waals surface area contributed by atoms with Crippen molar-refractivity contribution in [1.82, 2.24) is 14.9 Å². The number of piperazine rings is 1. The van der Waals surface area contributed by atoms with E-state index in [0.717, 1.165) is 29.2 Å². The molecule has 1 amide bonds. The second-order valence-electron chi connectivity index (χ2n) is 11.3. The Kier molecular flexibility index (Phi) is 6.97. The largest absolute Gasteiger partial charge is 0.508 e. The Balaban J connectivity index is 1.46. The number of nitriles is 1. The number of phenols is 1. The Morgan fingerprint density at radius 2 is 2.05 bits per heavy atom. The highest BCUT2D eigenvalue weighted by Gasteiger charge is 2.59. The van der Waals surface area contributed by atoms with Crippen LogP contribution in [0.5, 0.6) is 11.6 Å². The molecular formula is C29H33N5O4S. The van der Waals surface area contributed by atoms with Crippen LogP contribution in [0.3, 0.4) is 0 Å². The van der Waals surface area contributed by atoms with Gasteiger partial charge < -0.3 is 19.8 Å². The molecule has 2 aromatic carbocycles. The molecule has 204 valence electrons. The van der Waals surface area contributed by atoms with E-state index in [4.69, 9.17) is 9.72 Å². The maximum Gasteiger partial charge on any atom is 0.408 e. The van der Waals surface area contributed by atoms with Crippen molar-refractivity contribution in [2.75, 3.05) is 30.9 Å². The van der Waals surface area contributed by atoms with Crippen molar-refractivity contribution in [2.45, 2.75) is 56.8 Å². The Labute approximate surface area is 232 Å². The topological polar surface area (TPSA) is 123 Å². The summed E-state index contributed by atoms with van der Waals surface area (Å²) in [5.74, 6) is 0.896. The van der Waals surface area contributed by atoms with Crippen LogP contribution in [0.1, 0.15) is 44.7 Å². The second kappa shape index (κ2) is 10.1. The summed E-state index contributed by atoms with van der Waals surface area (Å²) in [4.78, 5) is 25.3. The van der Waals surface area contributed by atoms with Crippen LogP contribution in [-0.2, 0) is 6.42 Å². The van der Waals surface area contributed by atoms with E-state index in [1.54, 1.807) is 17.0 Å². The lowest BCUT2D eigenvalue weighted by Gasteiger charge is -2.54. The van der Waals surface area contributed by atoms with Crippen LogP contribution in [0.15, 0.2) is 41.6 Å². The van der Waals surface area contributed by atoms with E-state index in [9.17, 15) is 20.3 Å². The minimum absolute atomic E-state index is 0.182. The zero-order valence-corrected chi connectivity index (χ0v) is 23.5. The Morgan fingerprint density at radius 3 is 2.74 bits per heavy atom. The van der Waals surface area contributed by atoms with Gasteiger partial charge >= 0.3 is 6.09 Å². The molecular weight excluding hydrogens is 514 g/mol. The summed E-state index contributed by atoms with van der Waals surface area (Å²) in [5.41, 5.74) is 0.276. The highest BCUT2D eigenvalue weighted by molar-refractivity contribution is 7.98. The first-order valence-electron chi connectivity index (χ1n) is 13.0. The van der Waals surface area contributed by atoms with Gasteiger partial charge in [-0.25, -0.2) is 9.78 Å². The number of thioether (sulfide) groups is 1. The first-order valence-corrected chi connectivity index (χ1v) is 14.3. The summed E-state index contributed by atoms with van der Waals surface area (Å²) in [6.45, 7) is 7.38. The van der Waals surface area contributed by atoms with E-state index < -0.39 is 11.6 Å². The predicted octanol–water partition coefficient (Wildman–Crippen LogP) is 5.30. The number of nitrogens with zero attached hydrogens (tertiary/aromatic N) is 5. The fraction of sp³-hybridized carbons (Fsp3) is 0.448. The van der Waals surface area contributed by atoms with Crippen LogP contribution >= 0.6 is 11.8 Å². The molecule has 0 unspecified atom stereocenters. The minimum atomic E-state index is -0.899. The summed E-state index contributed by atoms with van der Waals surface area (Å²) in [6, 6.07) is 13.4. The molecule has 3 heterocycles. The number of phenolic OH excluding ortho intramolecular Hbond substituents is 1. The van der Waals surface area contributed by atoms with Gasteiger partial charge in [0.25, 0.3) is 0 Å². The molecule has 9 nitrogen and oxygen atoms in total. The van der Waals surface area contributed by atoms with Crippen LogP contribution in [-0.4, -0.2) is 68.7 Å². The van der Waals surface area contributed by atoms with E-state index in [0.29, 0.717) is 30.5 Å². The Morgan fingerprint density at radius 1 is 1.28 bits per heavy atom. The molecule has 10 heteroatoms. The van der Waals surface area contributed by atoms with E-state index >= 15 is 0 Å². The summed E-state index contributed by atoms with van der Waals surface area (Å²) < 4.78 is 6.12. The molecule has 0 radical (unpaired) electrons. The van der Waals surface area contributed by atoms with Crippen molar-refractivity contribution in [3.63, 3.8) is 0 Å². The number of benzene rings is 2. The minimum Gasteiger partial charge on any atom is -0.508 e. The summed E-state index contributed by atoms with van der Waals surface area (Å²) in [7, 11) is 0. The lowest BCUT2D eigenvalue weighted by molar-refractivity contribution is 0.00519. The van der Waals surface area contributed by atoms with Crippen LogP contribution in [0, 0.1) is 16.7 Å². The summed E-state index contributed by atoms with van der Waals surface area (Å²) in [6.07, 6.45) is 3.01. The number of hydrogen-bond acceptors (Lipinski definition) is 8. The lowest BCUT2D eigenvalue weighted by Crippen LogP contribution is -2.68. The molecule has 5 rings (SSSR count). The molecule has 0 saturated carbocycles. The number of ether oxygens (including phenoxy) is 1. The van der Waals surface area contributed by atoms with Gasteiger partial charge in [-0.2, -0.15) is 10.2 Å². The standard InChI is InChI=1S/C29H33N5O4S/c1-28(2,3)29-11-9-20(34(29)27(36)37)16-33(17-29)24-23(15-30)25(32-26(31-24)39-4)38-12-10-19-14-21(35)13-18-7-5-6-8-22(18)19/h5-8,13-14,20,35H,9-12,16-17H2,1-4H3,(H,36,37)/t20-,29-/m0/s1. The zero-order valence-electron chi connectivity index (χ0n) is 22.6. The molecule has 2 atom stereocenters. The van der Waals surface area contributed by atoms with Gasteiger partial charge in [0.2, 0.25) is 5.88 Å². The fourth-order valence-corrected chi connectivity index (χ4v) is 6.56. The second-order valence-corrected chi connectivity index (χ2v) is 12.0. The van der Waals surface area contributed by atoms with Crippen LogP contribution in [0.25, 0.3) is 10.8 Å². The van der Waals surface area contributed by atoms with Crippen molar-refractivity contribution in [3.8, 4) is 17.7 Å². The molecule has 2 fully saturated rings. The normalized spacial score (nSPS) is 20.7. The molecule has 0 aliphatic carbocycles. The third kappa shape index (κ3) is 4.69. The van der Waals surface area contributed by atoms with Gasteiger partial charge in [-0.3, -0.25) is 4.90 Å². The van der Waals surface area contributed by atoms with Gasteiger partial charge in [-0.1, -0.05) is 56.8 Å². The summed E-state index contributed by atoms with van der Waals surface area (Å²) in [5, 5.41) is 33.0. The maximum atomic E-state index is 12.3. The van der Waals surface area contributed by atoms with E-state index in [2.05, 4.69) is 36.7 Å². The van der Waals surface area contributed by atoms with Gasteiger partial charge in [0.05, 0.1) is 18.2 Å². The molecule has 2 aliphatic rings. The van der Waals surface area contributed by atoms with E-state index in [1.807, 2.05) is 30.5 Å². The smallest absolute Gasteiger partial charge is 0.408 e. The highest BCUT2D eigenvalue weighted by atomic mass is 32.2. The zero-order chi connectivity index (χ0) is 27.9. The number of fused-ring (bicyclic) bond motifs is 3. The van der Waals surface area contributed by atoms with Gasteiger partial charge in [-0.15, -0.1) is 0 Å². The molecule has 2 aliphatic heterocycles. The molecule has 0 spiro atoms. The first kappa shape index (κ1) is 26.9. The molecule has 39 heavy (non-hydrogen) atoms. The van der Waals surface area contributed by atoms with Crippen molar-refractivity contribution >= 4 is 34.4 Å². The SMILES string of the molecule is CSc1nc(OCCc2cc(O)cc3ccccc23)c(C#N)c(N2C[C@@H]3CC[C@@](C(C)(C)C)(C2)N3C(=O)O)n1. The van der Waals surface area contributed by atoms with Gasteiger partial charge in [-0.05, 0) is 53.0 Å². The molecule has 3 aromatic rings. The van der Waals surface area contributed by atoms with Crippen molar-refractivity contribution < 1.29 is 19.7 Å². The fourth-order valence-electron chi connectivity index (χ4n) is 6.21. The van der Waals surface area contributed by atoms with Crippen molar-refractivity contribution in [1.29, 1.82) is 5.26 Å². The monoisotopic (exact) mass is 547 g/mol. The van der Waals surface area contributed by atoms with Crippen molar-refractivity contribution in [2.24, 2.45) is 5.41 Å².